The first-order valence-corrected chi connectivity index (χ1v) is 14.2. The van der Waals surface area contributed by atoms with Crippen molar-refractivity contribution in [3.8, 4) is 0 Å². The molecule has 2 aliphatic heterocycles. The molecule has 40 heavy (non-hydrogen) atoms. The summed E-state index contributed by atoms with van der Waals surface area (Å²) in [6.45, 7) is 5.42. The Kier molecular flexibility index (Phi) is 9.37. The SMILES string of the molecule is CC(C)(C)OC(=O)N1CCCC1C(=O)OCN1C(=O)N(Cc2ccc(Cl)cc2)SC1NC(=O)c1ccc(Cl)cc1. The molecule has 13 heteroatoms. The van der Waals surface area contributed by atoms with Crippen molar-refractivity contribution in [1.29, 1.82) is 0 Å². The van der Waals surface area contributed by atoms with E-state index in [2.05, 4.69) is 5.32 Å². The van der Waals surface area contributed by atoms with Gasteiger partial charge in [-0.2, -0.15) is 0 Å². The molecule has 2 heterocycles. The normalized spacial score (nSPS) is 19.1. The zero-order valence-corrected chi connectivity index (χ0v) is 24.6. The van der Waals surface area contributed by atoms with Gasteiger partial charge in [-0.25, -0.2) is 14.4 Å². The quantitative estimate of drug-likeness (QED) is 0.327. The fraction of sp³-hybridized carbons (Fsp3) is 0.407. The van der Waals surface area contributed by atoms with Crippen LogP contribution in [0.3, 0.4) is 0 Å². The highest BCUT2D eigenvalue weighted by atomic mass is 35.5. The van der Waals surface area contributed by atoms with Crippen molar-refractivity contribution in [2.75, 3.05) is 13.3 Å². The van der Waals surface area contributed by atoms with E-state index in [1.54, 1.807) is 69.3 Å². The summed E-state index contributed by atoms with van der Waals surface area (Å²) >= 11 is 13.0. The first kappa shape index (κ1) is 29.8. The summed E-state index contributed by atoms with van der Waals surface area (Å²) in [5.74, 6) is -1.08. The van der Waals surface area contributed by atoms with Crippen LogP contribution in [-0.4, -0.2) is 68.5 Å². The van der Waals surface area contributed by atoms with Crippen molar-refractivity contribution < 1.29 is 28.7 Å². The number of hydrogen-bond donors (Lipinski definition) is 1. The molecular formula is C27H30Cl2N4O6S. The van der Waals surface area contributed by atoms with Crippen molar-refractivity contribution in [3.63, 3.8) is 0 Å². The van der Waals surface area contributed by atoms with Crippen LogP contribution in [0.1, 0.15) is 49.5 Å². The van der Waals surface area contributed by atoms with Crippen LogP contribution in [0.2, 0.25) is 10.0 Å². The second kappa shape index (κ2) is 12.6. The molecule has 0 bridgehead atoms. The molecule has 4 rings (SSSR count). The molecule has 2 aromatic rings. The third-order valence-corrected chi connectivity index (χ3v) is 7.68. The zero-order chi connectivity index (χ0) is 29.0. The number of benzene rings is 2. The molecular weight excluding hydrogens is 579 g/mol. The van der Waals surface area contributed by atoms with Crippen LogP contribution in [0.4, 0.5) is 9.59 Å². The molecule has 10 nitrogen and oxygen atoms in total. The fourth-order valence-corrected chi connectivity index (χ4v) is 5.47. The number of nitrogens with zero attached hydrogens (tertiary/aromatic N) is 3. The molecule has 214 valence electrons. The Balaban J connectivity index is 1.46. The van der Waals surface area contributed by atoms with Gasteiger partial charge in [-0.05, 0) is 75.6 Å². The lowest BCUT2D eigenvalue weighted by Crippen LogP contribution is -2.48. The molecule has 1 N–H and O–H groups in total. The summed E-state index contributed by atoms with van der Waals surface area (Å²) in [6, 6.07) is 12.1. The summed E-state index contributed by atoms with van der Waals surface area (Å²) in [6.07, 6.45) is 0.439. The number of rotatable bonds is 7. The topological polar surface area (TPSA) is 108 Å². The number of carbonyl (C=O) groups is 4. The van der Waals surface area contributed by atoms with Crippen molar-refractivity contribution in [1.82, 2.24) is 19.4 Å². The molecule has 2 fully saturated rings. The van der Waals surface area contributed by atoms with Crippen LogP contribution < -0.4 is 5.32 Å². The maximum absolute atomic E-state index is 13.4. The van der Waals surface area contributed by atoms with E-state index in [4.69, 9.17) is 32.7 Å². The Morgan fingerprint density at radius 2 is 1.65 bits per heavy atom. The number of urea groups is 1. The minimum Gasteiger partial charge on any atom is -0.444 e. The van der Waals surface area contributed by atoms with Crippen LogP contribution in [0.15, 0.2) is 48.5 Å². The van der Waals surface area contributed by atoms with E-state index in [0.29, 0.717) is 35.0 Å². The molecule has 2 saturated heterocycles. The number of amides is 4. The molecule has 0 spiro atoms. The molecule has 0 saturated carbocycles. The number of halogens is 2. The first-order valence-electron chi connectivity index (χ1n) is 12.6. The van der Waals surface area contributed by atoms with Gasteiger partial charge >= 0.3 is 18.1 Å². The largest absolute Gasteiger partial charge is 0.444 e. The van der Waals surface area contributed by atoms with Crippen LogP contribution in [-0.2, 0) is 20.8 Å². The van der Waals surface area contributed by atoms with Gasteiger partial charge in [0.25, 0.3) is 5.91 Å². The van der Waals surface area contributed by atoms with Crippen molar-refractivity contribution in [2.45, 2.75) is 57.3 Å². The minimum atomic E-state index is -0.860. The highest BCUT2D eigenvalue weighted by Crippen LogP contribution is 2.32. The number of ether oxygens (including phenoxy) is 2. The second-order valence-electron chi connectivity index (χ2n) is 10.3. The lowest BCUT2D eigenvalue weighted by Gasteiger charge is -2.28. The van der Waals surface area contributed by atoms with Gasteiger partial charge in [-0.15, -0.1) is 0 Å². The van der Waals surface area contributed by atoms with Gasteiger partial charge < -0.3 is 14.8 Å². The predicted molar refractivity (Wildman–Crippen MR) is 151 cm³/mol. The van der Waals surface area contributed by atoms with Crippen LogP contribution in [0.25, 0.3) is 0 Å². The maximum Gasteiger partial charge on any atom is 0.411 e. The molecule has 0 aromatic heterocycles. The smallest absolute Gasteiger partial charge is 0.411 e. The van der Waals surface area contributed by atoms with Gasteiger partial charge in [0.2, 0.25) is 0 Å². The summed E-state index contributed by atoms with van der Waals surface area (Å²) in [4.78, 5) is 54.6. The molecule has 2 unspecified atom stereocenters. The summed E-state index contributed by atoms with van der Waals surface area (Å²) < 4.78 is 12.4. The maximum atomic E-state index is 13.4. The second-order valence-corrected chi connectivity index (χ2v) is 12.2. The standard InChI is InChI=1S/C27H30Cl2N4O6S/c1-27(2,3)39-26(37)31-14-4-5-21(31)23(35)38-16-32-24(30-22(34)18-8-12-20(29)13-9-18)40-33(25(32)36)15-17-6-10-19(28)11-7-17/h6-13,21,24H,4-5,14-16H2,1-3H3,(H,30,34). The lowest BCUT2D eigenvalue weighted by atomic mass is 10.2. The molecule has 2 aliphatic rings. The van der Waals surface area contributed by atoms with Gasteiger partial charge in [0.1, 0.15) is 11.6 Å². The molecule has 2 atom stereocenters. The Morgan fingerprint density at radius 1 is 1.02 bits per heavy atom. The summed E-state index contributed by atoms with van der Waals surface area (Å²) in [5.41, 5.74) is -0.396. The van der Waals surface area contributed by atoms with Crippen LogP contribution in [0.5, 0.6) is 0 Å². The highest BCUT2D eigenvalue weighted by molar-refractivity contribution is 7.98. The van der Waals surface area contributed by atoms with E-state index >= 15 is 0 Å². The third kappa shape index (κ3) is 7.52. The zero-order valence-electron chi connectivity index (χ0n) is 22.3. The van der Waals surface area contributed by atoms with Crippen molar-refractivity contribution in [3.05, 3.63) is 69.7 Å². The Morgan fingerprint density at radius 3 is 2.27 bits per heavy atom. The number of esters is 1. The predicted octanol–water partition coefficient (Wildman–Crippen LogP) is 5.49. The summed E-state index contributed by atoms with van der Waals surface area (Å²) in [5, 5.41) is 3.86. The molecule has 0 aliphatic carbocycles. The van der Waals surface area contributed by atoms with Gasteiger partial charge in [-0.1, -0.05) is 35.3 Å². The molecule has 2 aromatic carbocycles. The highest BCUT2D eigenvalue weighted by Gasteiger charge is 2.42. The minimum absolute atomic E-state index is 0.230. The average Bonchev–Trinajstić information content (AvgIpc) is 3.49. The van der Waals surface area contributed by atoms with Gasteiger partial charge in [0.05, 0.1) is 6.54 Å². The molecule has 0 radical (unpaired) electrons. The number of carbonyl (C=O) groups excluding carboxylic acids is 4. The Bertz CT molecular complexity index is 1260. The van der Waals surface area contributed by atoms with Crippen LogP contribution in [0, 0.1) is 0 Å². The van der Waals surface area contributed by atoms with Crippen molar-refractivity contribution >= 4 is 59.2 Å². The number of hydrogen-bond acceptors (Lipinski definition) is 7. The van der Waals surface area contributed by atoms with E-state index in [9.17, 15) is 19.2 Å². The monoisotopic (exact) mass is 608 g/mol. The lowest BCUT2D eigenvalue weighted by molar-refractivity contribution is -0.152. The Labute approximate surface area is 247 Å². The van der Waals surface area contributed by atoms with E-state index in [0.717, 1.165) is 17.5 Å². The van der Waals surface area contributed by atoms with Crippen LogP contribution >= 0.6 is 35.1 Å². The van der Waals surface area contributed by atoms with Gasteiger partial charge in [0.15, 0.2) is 12.2 Å². The number of likely N-dealkylation sites (tertiary alicyclic amines) is 1. The number of nitrogens with one attached hydrogen (secondary N) is 1. The molecule has 4 amide bonds. The van der Waals surface area contributed by atoms with E-state index in [-0.39, 0.29) is 6.54 Å². The Hall–Kier alpha value is -3.15. The van der Waals surface area contributed by atoms with E-state index in [1.807, 2.05) is 0 Å². The van der Waals surface area contributed by atoms with Gasteiger partial charge in [0, 0.05) is 34.1 Å². The average molecular weight is 610 g/mol. The first-order chi connectivity index (χ1) is 18.9. The summed E-state index contributed by atoms with van der Waals surface area (Å²) in [7, 11) is 0. The van der Waals surface area contributed by atoms with Crippen molar-refractivity contribution in [2.24, 2.45) is 0 Å². The third-order valence-electron chi connectivity index (χ3n) is 6.07. The van der Waals surface area contributed by atoms with Gasteiger partial charge in [-0.3, -0.25) is 18.9 Å². The van der Waals surface area contributed by atoms with E-state index in [1.165, 1.54) is 14.1 Å². The van der Waals surface area contributed by atoms with E-state index < -0.39 is 47.9 Å². The fourth-order valence-electron chi connectivity index (χ4n) is 4.13.